The highest BCUT2D eigenvalue weighted by Crippen LogP contribution is 2.13. The van der Waals surface area contributed by atoms with Gasteiger partial charge in [0.05, 0.1) is 6.04 Å². The Labute approximate surface area is 105 Å². The van der Waals surface area contributed by atoms with Crippen LogP contribution in [0.25, 0.3) is 0 Å². The van der Waals surface area contributed by atoms with Crippen molar-refractivity contribution in [3.8, 4) is 0 Å². The van der Waals surface area contributed by atoms with Crippen molar-refractivity contribution in [1.82, 2.24) is 5.32 Å². The van der Waals surface area contributed by atoms with E-state index in [1.54, 1.807) is 6.08 Å². The van der Waals surface area contributed by atoms with Crippen molar-refractivity contribution in [2.75, 3.05) is 0 Å². The summed E-state index contributed by atoms with van der Waals surface area (Å²) in [6, 6.07) is 8.64. The maximum Gasteiger partial charge on any atom is 0.408 e. The van der Waals surface area contributed by atoms with E-state index in [0.29, 0.717) is 6.42 Å². The second-order valence-corrected chi connectivity index (χ2v) is 3.89. The van der Waals surface area contributed by atoms with Crippen molar-refractivity contribution < 1.29 is 13.9 Å². The van der Waals surface area contributed by atoms with Crippen LogP contribution >= 0.6 is 0 Å². The molecule has 1 amide bonds. The number of rotatable bonds is 3. The molecule has 1 radical (unpaired) electrons. The second-order valence-electron chi connectivity index (χ2n) is 3.89. The number of amides is 1. The minimum Gasteiger partial charge on any atom is -0.445 e. The van der Waals surface area contributed by atoms with Crippen molar-refractivity contribution in [2.45, 2.75) is 19.1 Å². The standard InChI is InChI=1S/C14H13FNO2/c15-12-8-4-5-9-13(12)16-14(17)18-10-11-6-2-1-3-7-11/h1-7,13H,9-10H2,(H,16,17). The van der Waals surface area contributed by atoms with E-state index in [9.17, 15) is 9.18 Å². The molecule has 1 aliphatic carbocycles. The summed E-state index contributed by atoms with van der Waals surface area (Å²) in [5, 5.41) is 2.45. The Morgan fingerprint density at radius 1 is 1.44 bits per heavy atom. The monoisotopic (exact) mass is 246 g/mol. The summed E-state index contributed by atoms with van der Waals surface area (Å²) in [5.74, 6) is -0.478. The highest BCUT2D eigenvalue weighted by Gasteiger charge is 2.18. The highest BCUT2D eigenvalue weighted by molar-refractivity contribution is 5.68. The Bertz CT molecular complexity index is 468. The fourth-order valence-corrected chi connectivity index (χ4v) is 1.58. The Morgan fingerprint density at radius 2 is 2.22 bits per heavy atom. The summed E-state index contributed by atoms with van der Waals surface area (Å²) in [4.78, 5) is 11.5. The third kappa shape index (κ3) is 3.45. The fraction of sp³-hybridized carbons (Fsp3) is 0.214. The molecule has 1 aromatic rings. The topological polar surface area (TPSA) is 38.3 Å². The van der Waals surface area contributed by atoms with Gasteiger partial charge in [0.2, 0.25) is 0 Å². The minimum atomic E-state index is -0.668. The predicted molar refractivity (Wildman–Crippen MR) is 65.2 cm³/mol. The molecule has 0 heterocycles. The van der Waals surface area contributed by atoms with Crippen LogP contribution in [0, 0.1) is 6.08 Å². The minimum absolute atomic E-state index is 0.171. The number of carbonyl (C=O) groups is 1. The van der Waals surface area contributed by atoms with Gasteiger partial charge in [0, 0.05) is 6.08 Å². The van der Waals surface area contributed by atoms with E-state index in [4.69, 9.17) is 4.74 Å². The van der Waals surface area contributed by atoms with Crippen molar-refractivity contribution in [1.29, 1.82) is 0 Å². The van der Waals surface area contributed by atoms with Crippen LogP contribution in [0.3, 0.4) is 0 Å². The summed E-state index contributed by atoms with van der Waals surface area (Å²) in [5.41, 5.74) is 0.888. The molecule has 1 atom stereocenters. The van der Waals surface area contributed by atoms with Crippen LogP contribution in [0.2, 0.25) is 0 Å². The number of ether oxygens (including phenoxy) is 1. The summed E-state index contributed by atoms with van der Waals surface area (Å²) < 4.78 is 18.3. The summed E-state index contributed by atoms with van der Waals surface area (Å²) >= 11 is 0. The number of alkyl carbamates (subject to hydrolysis) is 1. The van der Waals surface area contributed by atoms with E-state index >= 15 is 0 Å². The molecule has 0 bridgehead atoms. The lowest BCUT2D eigenvalue weighted by Gasteiger charge is -2.16. The molecule has 0 aromatic heterocycles. The first kappa shape index (κ1) is 12.4. The van der Waals surface area contributed by atoms with Crippen molar-refractivity contribution >= 4 is 6.09 Å². The Morgan fingerprint density at radius 3 is 2.94 bits per heavy atom. The molecule has 1 unspecified atom stereocenters. The zero-order chi connectivity index (χ0) is 12.8. The second kappa shape index (κ2) is 6.00. The Balaban J connectivity index is 1.79. The largest absolute Gasteiger partial charge is 0.445 e. The molecule has 93 valence electrons. The Kier molecular flexibility index (Phi) is 4.12. The normalized spacial score (nSPS) is 18.1. The van der Waals surface area contributed by atoms with Crippen LogP contribution in [0.4, 0.5) is 9.18 Å². The summed E-state index contributed by atoms with van der Waals surface area (Å²) in [7, 11) is 0. The molecular weight excluding hydrogens is 233 g/mol. The number of allylic oxidation sites excluding steroid dienone is 2. The molecular formula is C14H13FNO2. The number of hydrogen-bond acceptors (Lipinski definition) is 2. The smallest absolute Gasteiger partial charge is 0.408 e. The van der Waals surface area contributed by atoms with Gasteiger partial charge in [-0.2, -0.15) is 0 Å². The third-order valence-corrected chi connectivity index (χ3v) is 2.52. The lowest BCUT2D eigenvalue weighted by Crippen LogP contribution is -2.36. The number of benzene rings is 1. The third-order valence-electron chi connectivity index (χ3n) is 2.52. The molecule has 2 rings (SSSR count). The van der Waals surface area contributed by atoms with E-state index in [-0.39, 0.29) is 6.61 Å². The van der Waals surface area contributed by atoms with Gasteiger partial charge in [-0.3, -0.25) is 0 Å². The van der Waals surface area contributed by atoms with Gasteiger partial charge >= 0.3 is 6.09 Å². The average molecular weight is 246 g/mol. The SMILES string of the molecule is O=C(NC1CC=C[C]=C1F)OCc1ccccc1. The van der Waals surface area contributed by atoms with E-state index in [0.717, 1.165) is 5.56 Å². The first-order chi connectivity index (χ1) is 8.75. The van der Waals surface area contributed by atoms with E-state index in [1.165, 1.54) is 6.08 Å². The molecule has 0 fully saturated rings. The summed E-state index contributed by atoms with van der Waals surface area (Å²) in [6.45, 7) is 0.171. The number of nitrogens with one attached hydrogen (secondary N) is 1. The quantitative estimate of drug-likeness (QED) is 0.890. The molecule has 4 heteroatoms. The molecule has 1 aliphatic rings. The highest BCUT2D eigenvalue weighted by atomic mass is 19.1. The van der Waals surface area contributed by atoms with Crippen molar-refractivity contribution in [2.24, 2.45) is 0 Å². The maximum absolute atomic E-state index is 13.3. The first-order valence-electron chi connectivity index (χ1n) is 5.67. The van der Waals surface area contributed by atoms with E-state index in [2.05, 4.69) is 11.4 Å². The lowest BCUT2D eigenvalue weighted by atomic mass is 10.1. The van der Waals surface area contributed by atoms with Gasteiger partial charge in [-0.15, -0.1) is 0 Å². The van der Waals surface area contributed by atoms with Gasteiger partial charge < -0.3 is 10.1 Å². The van der Waals surface area contributed by atoms with Crippen LogP contribution in [0.1, 0.15) is 12.0 Å². The zero-order valence-corrected chi connectivity index (χ0v) is 9.73. The van der Waals surface area contributed by atoms with Crippen molar-refractivity contribution in [3.05, 3.63) is 60.0 Å². The lowest BCUT2D eigenvalue weighted by molar-refractivity contribution is 0.136. The van der Waals surface area contributed by atoms with Gasteiger partial charge in [0.1, 0.15) is 12.4 Å². The molecule has 0 spiro atoms. The predicted octanol–water partition coefficient (Wildman–Crippen LogP) is 2.90. The molecule has 1 N–H and O–H groups in total. The van der Waals surface area contributed by atoms with Gasteiger partial charge in [-0.1, -0.05) is 42.5 Å². The molecule has 18 heavy (non-hydrogen) atoms. The maximum atomic E-state index is 13.3. The van der Waals surface area contributed by atoms with Crippen LogP contribution in [0.15, 0.2) is 48.3 Å². The zero-order valence-electron chi connectivity index (χ0n) is 9.73. The molecule has 0 aliphatic heterocycles. The number of hydrogen-bond donors (Lipinski definition) is 1. The van der Waals surface area contributed by atoms with Gasteiger partial charge in [0.15, 0.2) is 0 Å². The van der Waals surface area contributed by atoms with Gasteiger partial charge in [-0.25, -0.2) is 9.18 Å². The van der Waals surface area contributed by atoms with Crippen LogP contribution in [0.5, 0.6) is 0 Å². The molecule has 1 aromatic carbocycles. The number of halogens is 1. The van der Waals surface area contributed by atoms with Gasteiger partial charge in [-0.05, 0) is 12.0 Å². The first-order valence-corrected chi connectivity index (χ1v) is 5.67. The molecule has 0 saturated heterocycles. The van der Waals surface area contributed by atoms with E-state index < -0.39 is 18.0 Å². The van der Waals surface area contributed by atoms with Crippen LogP contribution < -0.4 is 5.32 Å². The fourth-order valence-electron chi connectivity index (χ4n) is 1.58. The number of carbonyl (C=O) groups excluding carboxylic acids is 1. The van der Waals surface area contributed by atoms with Crippen molar-refractivity contribution in [3.63, 3.8) is 0 Å². The summed E-state index contributed by atoms with van der Waals surface area (Å²) in [6.07, 6.45) is 5.44. The molecule has 0 saturated carbocycles. The Hall–Kier alpha value is -2.10. The van der Waals surface area contributed by atoms with Gasteiger partial charge in [0.25, 0.3) is 0 Å². The van der Waals surface area contributed by atoms with Crippen LogP contribution in [-0.4, -0.2) is 12.1 Å². The van der Waals surface area contributed by atoms with E-state index in [1.807, 2.05) is 30.3 Å². The average Bonchev–Trinajstić information content (AvgIpc) is 2.40. The van der Waals surface area contributed by atoms with Crippen LogP contribution in [-0.2, 0) is 11.3 Å². The molecule has 3 nitrogen and oxygen atoms in total.